The Balaban J connectivity index is 1.93. The number of rotatable bonds is 1. The molecule has 0 aliphatic carbocycles. The molecule has 2 atom stereocenters. The highest BCUT2D eigenvalue weighted by Gasteiger charge is 2.32. The van der Waals surface area contributed by atoms with Gasteiger partial charge in [-0.1, -0.05) is 0 Å². The highest BCUT2D eigenvalue weighted by molar-refractivity contribution is 5.80. The van der Waals surface area contributed by atoms with Crippen LogP contribution in [0.2, 0.25) is 0 Å². The van der Waals surface area contributed by atoms with Crippen LogP contribution in [0.1, 0.15) is 19.8 Å². The summed E-state index contributed by atoms with van der Waals surface area (Å²) in [6, 6.07) is 0.335. The third-order valence-corrected chi connectivity index (χ3v) is 3.38. The first-order chi connectivity index (χ1) is 7.29. The van der Waals surface area contributed by atoms with Gasteiger partial charge in [-0.3, -0.25) is 4.79 Å². The third-order valence-electron chi connectivity index (χ3n) is 3.38. The van der Waals surface area contributed by atoms with Gasteiger partial charge in [0, 0.05) is 25.7 Å². The maximum Gasteiger partial charge on any atom is 0.227 e. The van der Waals surface area contributed by atoms with Crippen molar-refractivity contribution in [2.75, 3.05) is 32.8 Å². The highest BCUT2D eigenvalue weighted by atomic mass is 16.5. The van der Waals surface area contributed by atoms with E-state index in [0.717, 1.165) is 39.1 Å². The summed E-state index contributed by atoms with van der Waals surface area (Å²) < 4.78 is 5.35. The molecule has 2 aliphatic heterocycles. The van der Waals surface area contributed by atoms with Crippen molar-refractivity contribution in [1.82, 2.24) is 10.2 Å². The van der Waals surface area contributed by atoms with Crippen LogP contribution < -0.4 is 5.32 Å². The van der Waals surface area contributed by atoms with Crippen LogP contribution in [0.4, 0.5) is 0 Å². The van der Waals surface area contributed by atoms with Crippen LogP contribution in [0.5, 0.6) is 0 Å². The molecule has 4 nitrogen and oxygen atoms in total. The first kappa shape index (κ1) is 10.9. The van der Waals surface area contributed by atoms with E-state index in [0.29, 0.717) is 18.6 Å². The molecule has 2 fully saturated rings. The number of hydrogen-bond donors (Lipinski definition) is 1. The lowest BCUT2D eigenvalue weighted by atomic mass is 10.0. The maximum absolute atomic E-state index is 12.2. The molecule has 0 bridgehead atoms. The van der Waals surface area contributed by atoms with Crippen molar-refractivity contribution < 1.29 is 9.53 Å². The Kier molecular flexibility index (Phi) is 3.59. The van der Waals surface area contributed by atoms with E-state index < -0.39 is 0 Å². The second-order valence-corrected chi connectivity index (χ2v) is 4.43. The monoisotopic (exact) mass is 212 g/mol. The third kappa shape index (κ3) is 2.49. The predicted octanol–water partition coefficient (Wildman–Crippen LogP) is 0.233. The van der Waals surface area contributed by atoms with Crippen LogP contribution in [-0.2, 0) is 9.53 Å². The predicted molar refractivity (Wildman–Crippen MR) is 57.6 cm³/mol. The first-order valence-electron chi connectivity index (χ1n) is 5.89. The molecule has 1 amide bonds. The summed E-state index contributed by atoms with van der Waals surface area (Å²) in [5.74, 6) is 0.501. The molecule has 1 N–H and O–H groups in total. The minimum absolute atomic E-state index is 0.183. The average Bonchev–Trinajstić information content (AvgIpc) is 2.53. The Morgan fingerprint density at radius 2 is 2.27 bits per heavy atom. The normalized spacial score (nSPS) is 32.7. The fraction of sp³-hybridized carbons (Fsp3) is 0.909. The number of ether oxygens (including phenoxy) is 1. The summed E-state index contributed by atoms with van der Waals surface area (Å²) >= 11 is 0. The summed E-state index contributed by atoms with van der Waals surface area (Å²) in [4.78, 5) is 14.2. The lowest BCUT2D eigenvalue weighted by molar-refractivity contribution is -0.135. The standard InChI is InChI=1S/C11H20N2O2/c1-9-10(3-4-12-9)11(14)13-5-2-7-15-8-6-13/h9-10,12H,2-8H2,1H3. The summed E-state index contributed by atoms with van der Waals surface area (Å²) in [6.45, 7) is 6.19. The fourth-order valence-corrected chi connectivity index (χ4v) is 2.40. The van der Waals surface area contributed by atoms with Gasteiger partial charge < -0.3 is 15.0 Å². The molecule has 0 aromatic heterocycles. The van der Waals surface area contributed by atoms with Gasteiger partial charge in [-0.15, -0.1) is 0 Å². The zero-order valence-corrected chi connectivity index (χ0v) is 9.37. The van der Waals surface area contributed by atoms with E-state index in [1.165, 1.54) is 0 Å². The molecule has 2 rings (SSSR count). The van der Waals surface area contributed by atoms with Gasteiger partial charge in [0.05, 0.1) is 12.5 Å². The Bertz CT molecular complexity index is 225. The molecule has 0 aromatic carbocycles. The van der Waals surface area contributed by atoms with E-state index in [4.69, 9.17) is 4.74 Å². The number of carbonyl (C=O) groups excluding carboxylic acids is 1. The summed E-state index contributed by atoms with van der Waals surface area (Å²) in [7, 11) is 0. The van der Waals surface area contributed by atoms with Crippen molar-refractivity contribution in [2.45, 2.75) is 25.8 Å². The van der Waals surface area contributed by atoms with Crippen LogP contribution in [0, 0.1) is 5.92 Å². The SMILES string of the molecule is CC1NCCC1C(=O)N1CCCOCC1. The molecule has 0 saturated carbocycles. The van der Waals surface area contributed by atoms with Gasteiger partial charge in [-0.05, 0) is 26.3 Å². The summed E-state index contributed by atoms with van der Waals surface area (Å²) in [5, 5.41) is 3.33. The van der Waals surface area contributed by atoms with E-state index in [1.807, 2.05) is 4.90 Å². The fourth-order valence-electron chi connectivity index (χ4n) is 2.40. The van der Waals surface area contributed by atoms with Crippen molar-refractivity contribution in [3.05, 3.63) is 0 Å². The molecule has 0 spiro atoms. The van der Waals surface area contributed by atoms with E-state index in [1.54, 1.807) is 0 Å². The van der Waals surface area contributed by atoms with E-state index in [2.05, 4.69) is 12.2 Å². The molecular weight excluding hydrogens is 192 g/mol. The molecule has 2 heterocycles. The number of hydrogen-bond acceptors (Lipinski definition) is 3. The highest BCUT2D eigenvalue weighted by Crippen LogP contribution is 2.18. The van der Waals surface area contributed by atoms with Crippen LogP contribution in [0.25, 0.3) is 0 Å². The van der Waals surface area contributed by atoms with Gasteiger partial charge in [0.25, 0.3) is 0 Å². The molecule has 86 valence electrons. The Morgan fingerprint density at radius 3 is 3.00 bits per heavy atom. The zero-order valence-electron chi connectivity index (χ0n) is 9.37. The van der Waals surface area contributed by atoms with Crippen molar-refractivity contribution >= 4 is 5.91 Å². The van der Waals surface area contributed by atoms with Crippen LogP contribution >= 0.6 is 0 Å². The Morgan fingerprint density at radius 1 is 1.40 bits per heavy atom. The number of nitrogens with zero attached hydrogens (tertiary/aromatic N) is 1. The molecule has 2 unspecified atom stereocenters. The van der Waals surface area contributed by atoms with E-state index >= 15 is 0 Å². The molecule has 0 aromatic rings. The minimum atomic E-state index is 0.183. The van der Waals surface area contributed by atoms with E-state index in [-0.39, 0.29) is 5.92 Å². The van der Waals surface area contributed by atoms with Crippen molar-refractivity contribution in [2.24, 2.45) is 5.92 Å². The molecule has 0 radical (unpaired) electrons. The lowest BCUT2D eigenvalue weighted by Gasteiger charge is -2.25. The van der Waals surface area contributed by atoms with Gasteiger partial charge in [0.2, 0.25) is 5.91 Å². The lowest BCUT2D eigenvalue weighted by Crippen LogP contribution is -2.41. The smallest absolute Gasteiger partial charge is 0.227 e. The quantitative estimate of drug-likeness (QED) is 0.676. The van der Waals surface area contributed by atoms with E-state index in [9.17, 15) is 4.79 Å². The Labute approximate surface area is 91.0 Å². The molecule has 2 aliphatic rings. The van der Waals surface area contributed by atoms with Crippen molar-refractivity contribution in [1.29, 1.82) is 0 Å². The van der Waals surface area contributed by atoms with Crippen LogP contribution in [0.3, 0.4) is 0 Å². The number of amides is 1. The topological polar surface area (TPSA) is 41.6 Å². The Hall–Kier alpha value is -0.610. The molecular formula is C11H20N2O2. The zero-order chi connectivity index (χ0) is 10.7. The van der Waals surface area contributed by atoms with Gasteiger partial charge >= 0.3 is 0 Å². The number of nitrogens with one attached hydrogen (secondary N) is 1. The van der Waals surface area contributed by atoms with Crippen molar-refractivity contribution in [3.63, 3.8) is 0 Å². The van der Waals surface area contributed by atoms with Crippen molar-refractivity contribution in [3.8, 4) is 0 Å². The van der Waals surface area contributed by atoms with Gasteiger partial charge in [-0.25, -0.2) is 0 Å². The van der Waals surface area contributed by atoms with Gasteiger partial charge in [-0.2, -0.15) is 0 Å². The number of carbonyl (C=O) groups is 1. The van der Waals surface area contributed by atoms with Gasteiger partial charge in [0.1, 0.15) is 0 Å². The summed E-state index contributed by atoms with van der Waals surface area (Å²) in [5.41, 5.74) is 0. The maximum atomic E-state index is 12.2. The largest absolute Gasteiger partial charge is 0.380 e. The summed E-state index contributed by atoms with van der Waals surface area (Å²) in [6.07, 6.45) is 1.96. The molecule has 4 heteroatoms. The second kappa shape index (κ2) is 4.94. The molecule has 2 saturated heterocycles. The first-order valence-corrected chi connectivity index (χ1v) is 5.89. The molecule has 15 heavy (non-hydrogen) atoms. The minimum Gasteiger partial charge on any atom is -0.380 e. The van der Waals surface area contributed by atoms with Crippen LogP contribution in [0.15, 0.2) is 0 Å². The average molecular weight is 212 g/mol. The van der Waals surface area contributed by atoms with Gasteiger partial charge in [0.15, 0.2) is 0 Å². The second-order valence-electron chi connectivity index (χ2n) is 4.43. The van der Waals surface area contributed by atoms with Crippen LogP contribution in [-0.4, -0.2) is 49.7 Å².